The predicted octanol–water partition coefficient (Wildman–Crippen LogP) is 1.80. The lowest BCUT2D eigenvalue weighted by Gasteiger charge is -1.92. The first-order valence-electron chi connectivity index (χ1n) is 3.25. The minimum absolute atomic E-state index is 0.238. The van der Waals surface area contributed by atoms with Gasteiger partial charge >= 0.3 is 0 Å². The molecule has 0 saturated carbocycles. The number of Topliss-reactive ketones (excluding diaryl/α,β-unsaturated/α-hetero) is 1. The van der Waals surface area contributed by atoms with Crippen molar-refractivity contribution >= 4 is 5.78 Å². The van der Waals surface area contributed by atoms with Crippen molar-refractivity contribution in [2.24, 2.45) is 0 Å². The molecular formula is C8H16O2. The second kappa shape index (κ2) is 11.2. The lowest BCUT2D eigenvalue weighted by Crippen LogP contribution is -1.94. The van der Waals surface area contributed by atoms with Crippen LogP contribution in [0.5, 0.6) is 0 Å². The third-order valence-electron chi connectivity index (χ3n) is 0.877. The smallest absolute Gasteiger partial charge is 0.129 e. The van der Waals surface area contributed by atoms with E-state index >= 15 is 0 Å². The molecule has 0 aliphatic heterocycles. The molecule has 0 amide bonds. The van der Waals surface area contributed by atoms with E-state index in [0.717, 1.165) is 6.42 Å². The zero-order valence-corrected chi connectivity index (χ0v) is 6.85. The Labute approximate surface area is 62.9 Å². The summed E-state index contributed by atoms with van der Waals surface area (Å²) < 4.78 is 4.74. The van der Waals surface area contributed by atoms with E-state index in [0.29, 0.717) is 13.0 Å². The zero-order chi connectivity index (χ0) is 8.41. The van der Waals surface area contributed by atoms with E-state index in [4.69, 9.17) is 4.74 Å². The van der Waals surface area contributed by atoms with E-state index in [1.807, 2.05) is 0 Å². The highest BCUT2D eigenvalue weighted by molar-refractivity contribution is 5.75. The number of hydrogen-bond acceptors (Lipinski definition) is 2. The second-order valence-corrected chi connectivity index (χ2v) is 1.80. The highest BCUT2D eigenvalue weighted by Gasteiger charge is 1.89. The molecule has 0 fully saturated rings. The van der Waals surface area contributed by atoms with Gasteiger partial charge in [0, 0.05) is 20.1 Å². The number of hydrogen-bond donors (Lipinski definition) is 0. The van der Waals surface area contributed by atoms with Crippen molar-refractivity contribution in [3.05, 3.63) is 13.2 Å². The first-order chi connectivity index (χ1) is 4.77. The molecule has 0 saturated heterocycles. The second-order valence-electron chi connectivity index (χ2n) is 1.80. The average molecular weight is 144 g/mol. The Balaban J connectivity index is 0. The summed E-state index contributed by atoms with van der Waals surface area (Å²) in [5.74, 6) is 0.238. The summed E-state index contributed by atoms with van der Waals surface area (Å²) in [6.07, 6.45) is 1.50. The van der Waals surface area contributed by atoms with Crippen molar-refractivity contribution in [3.63, 3.8) is 0 Å². The topological polar surface area (TPSA) is 26.3 Å². The number of rotatable bonds is 4. The lowest BCUT2D eigenvalue weighted by molar-refractivity contribution is -0.117. The van der Waals surface area contributed by atoms with Gasteiger partial charge in [0.2, 0.25) is 0 Å². The highest BCUT2D eigenvalue weighted by atomic mass is 16.5. The number of ketones is 1. The van der Waals surface area contributed by atoms with Crippen LogP contribution in [0.15, 0.2) is 13.2 Å². The molecule has 0 aliphatic carbocycles. The van der Waals surface area contributed by atoms with Crippen LogP contribution in [-0.4, -0.2) is 19.5 Å². The van der Waals surface area contributed by atoms with Gasteiger partial charge < -0.3 is 9.53 Å². The molecule has 2 nitrogen and oxygen atoms in total. The minimum Gasteiger partial charge on any atom is -0.385 e. The molecule has 2 heteroatoms. The van der Waals surface area contributed by atoms with E-state index in [1.165, 1.54) is 0 Å². The summed E-state index contributed by atoms with van der Waals surface area (Å²) in [6, 6.07) is 0. The Morgan fingerprint density at radius 3 is 2.30 bits per heavy atom. The Kier molecular flexibility index (Phi) is 13.5. The van der Waals surface area contributed by atoms with E-state index in [9.17, 15) is 4.79 Å². The fraction of sp³-hybridized carbons (Fsp3) is 0.625. The van der Waals surface area contributed by atoms with Gasteiger partial charge in [-0.15, -0.1) is 13.2 Å². The fourth-order valence-corrected chi connectivity index (χ4v) is 0.465. The van der Waals surface area contributed by atoms with Crippen LogP contribution >= 0.6 is 0 Å². The molecule has 0 aromatic rings. The van der Waals surface area contributed by atoms with Gasteiger partial charge in [-0.05, 0) is 13.3 Å². The highest BCUT2D eigenvalue weighted by Crippen LogP contribution is 1.88. The molecule has 0 bridgehead atoms. The summed E-state index contributed by atoms with van der Waals surface area (Å²) in [5.41, 5.74) is 0. The van der Waals surface area contributed by atoms with Gasteiger partial charge in [0.1, 0.15) is 5.78 Å². The largest absolute Gasteiger partial charge is 0.385 e. The van der Waals surface area contributed by atoms with Gasteiger partial charge in [-0.3, -0.25) is 0 Å². The fourth-order valence-electron chi connectivity index (χ4n) is 0.465. The standard InChI is InChI=1S/C6H12O2.C2H4/c1-6(7)4-3-5-8-2;1-2/h3-5H2,1-2H3;1-2H2. The first kappa shape index (κ1) is 12.1. The van der Waals surface area contributed by atoms with Crippen molar-refractivity contribution in [3.8, 4) is 0 Å². The monoisotopic (exact) mass is 144 g/mol. The number of carbonyl (C=O) groups is 1. The summed E-state index contributed by atoms with van der Waals surface area (Å²) >= 11 is 0. The minimum atomic E-state index is 0.238. The SMILES string of the molecule is C=C.COCCCC(C)=O. The van der Waals surface area contributed by atoms with Crippen LogP contribution in [0, 0.1) is 0 Å². The zero-order valence-electron chi connectivity index (χ0n) is 6.85. The molecule has 0 N–H and O–H groups in total. The summed E-state index contributed by atoms with van der Waals surface area (Å²) in [6.45, 7) is 8.29. The molecule has 60 valence electrons. The van der Waals surface area contributed by atoms with Crippen molar-refractivity contribution in [1.29, 1.82) is 0 Å². The average Bonchev–Trinajstić information content (AvgIpc) is 1.92. The Morgan fingerprint density at radius 1 is 1.50 bits per heavy atom. The van der Waals surface area contributed by atoms with Gasteiger partial charge in [-0.1, -0.05) is 0 Å². The van der Waals surface area contributed by atoms with Crippen LogP contribution in [0.2, 0.25) is 0 Å². The van der Waals surface area contributed by atoms with Crippen LogP contribution in [0.25, 0.3) is 0 Å². The molecule has 0 spiro atoms. The van der Waals surface area contributed by atoms with Gasteiger partial charge in [-0.25, -0.2) is 0 Å². The Hall–Kier alpha value is -0.630. The van der Waals surface area contributed by atoms with Gasteiger partial charge in [0.15, 0.2) is 0 Å². The summed E-state index contributed by atoms with van der Waals surface area (Å²) in [7, 11) is 1.64. The molecule has 0 heterocycles. The van der Waals surface area contributed by atoms with E-state index < -0.39 is 0 Å². The molecule has 0 aliphatic rings. The lowest BCUT2D eigenvalue weighted by atomic mass is 10.2. The van der Waals surface area contributed by atoms with Crippen molar-refractivity contribution in [1.82, 2.24) is 0 Å². The number of methoxy groups -OCH3 is 1. The van der Waals surface area contributed by atoms with E-state index in [1.54, 1.807) is 14.0 Å². The normalized spacial score (nSPS) is 7.80. The maximum Gasteiger partial charge on any atom is 0.129 e. The molecule has 0 atom stereocenters. The van der Waals surface area contributed by atoms with Gasteiger partial charge in [0.25, 0.3) is 0 Å². The molecule has 0 aromatic heterocycles. The molecule has 10 heavy (non-hydrogen) atoms. The maximum atomic E-state index is 10.3. The summed E-state index contributed by atoms with van der Waals surface area (Å²) in [4.78, 5) is 10.3. The van der Waals surface area contributed by atoms with Crippen molar-refractivity contribution in [2.75, 3.05) is 13.7 Å². The van der Waals surface area contributed by atoms with Crippen LogP contribution < -0.4 is 0 Å². The predicted molar refractivity (Wildman–Crippen MR) is 43.0 cm³/mol. The molecular weight excluding hydrogens is 128 g/mol. The van der Waals surface area contributed by atoms with E-state index in [-0.39, 0.29) is 5.78 Å². The molecule has 0 aromatic carbocycles. The van der Waals surface area contributed by atoms with Crippen molar-refractivity contribution < 1.29 is 9.53 Å². The van der Waals surface area contributed by atoms with Crippen LogP contribution in [0.1, 0.15) is 19.8 Å². The van der Waals surface area contributed by atoms with E-state index in [2.05, 4.69) is 13.2 Å². The quantitative estimate of drug-likeness (QED) is 0.444. The maximum absolute atomic E-state index is 10.3. The third-order valence-corrected chi connectivity index (χ3v) is 0.877. The van der Waals surface area contributed by atoms with Crippen LogP contribution in [-0.2, 0) is 9.53 Å². The number of carbonyl (C=O) groups excluding carboxylic acids is 1. The van der Waals surface area contributed by atoms with Crippen molar-refractivity contribution in [2.45, 2.75) is 19.8 Å². The summed E-state index contributed by atoms with van der Waals surface area (Å²) in [5, 5.41) is 0. The van der Waals surface area contributed by atoms with Crippen LogP contribution in [0.4, 0.5) is 0 Å². The molecule has 0 unspecified atom stereocenters. The Bertz CT molecular complexity index is 79.3. The van der Waals surface area contributed by atoms with Gasteiger partial charge in [-0.2, -0.15) is 0 Å². The third kappa shape index (κ3) is 15.7. The number of ether oxygens (including phenoxy) is 1. The van der Waals surface area contributed by atoms with Gasteiger partial charge in [0.05, 0.1) is 0 Å². The Morgan fingerprint density at radius 2 is 2.00 bits per heavy atom. The van der Waals surface area contributed by atoms with Crippen LogP contribution in [0.3, 0.4) is 0 Å². The first-order valence-corrected chi connectivity index (χ1v) is 3.25. The molecule has 0 radical (unpaired) electrons. The molecule has 0 rings (SSSR count).